The standard InChI is InChI=1S/C14H12F3N5O2S/c1-24-9-4-2-8(3-5-9)6-10(23)18-7-11-21-22-12(14(15,16)17)19-20-13(22)25-11/h2-5H,6-7H2,1H3,(H,18,23). The molecule has 1 N–H and O–H groups in total. The molecule has 1 amide bonds. The molecule has 11 heteroatoms. The first kappa shape index (κ1) is 17.1. The molecule has 0 saturated heterocycles. The number of carbonyl (C=O) groups excluding carboxylic acids is 1. The second-order valence-corrected chi connectivity index (χ2v) is 6.05. The predicted octanol–water partition coefficient (Wildman–Crippen LogP) is 2.07. The maximum Gasteiger partial charge on any atom is 0.453 e. The van der Waals surface area contributed by atoms with Crippen molar-refractivity contribution in [2.45, 2.75) is 19.1 Å². The van der Waals surface area contributed by atoms with Gasteiger partial charge in [0.25, 0.3) is 5.82 Å². The van der Waals surface area contributed by atoms with Crippen molar-refractivity contribution in [3.8, 4) is 5.75 Å². The van der Waals surface area contributed by atoms with Crippen LogP contribution in [0.1, 0.15) is 16.4 Å². The quantitative estimate of drug-likeness (QED) is 0.743. The molecule has 0 aliphatic heterocycles. The topological polar surface area (TPSA) is 81.4 Å². The van der Waals surface area contributed by atoms with Gasteiger partial charge in [0, 0.05) is 0 Å². The van der Waals surface area contributed by atoms with Gasteiger partial charge in [-0.25, -0.2) is 0 Å². The fourth-order valence-corrected chi connectivity index (χ4v) is 2.84. The molecule has 2 aromatic heterocycles. The molecule has 0 atom stereocenters. The second kappa shape index (κ2) is 6.67. The van der Waals surface area contributed by atoms with E-state index in [1.807, 2.05) is 0 Å². The predicted molar refractivity (Wildman–Crippen MR) is 82.2 cm³/mol. The van der Waals surface area contributed by atoms with Crippen LogP contribution in [0.3, 0.4) is 0 Å². The highest BCUT2D eigenvalue weighted by Gasteiger charge is 2.38. The number of methoxy groups -OCH3 is 1. The van der Waals surface area contributed by atoms with Crippen molar-refractivity contribution < 1.29 is 22.7 Å². The van der Waals surface area contributed by atoms with E-state index in [-0.39, 0.29) is 23.8 Å². The van der Waals surface area contributed by atoms with E-state index in [0.29, 0.717) is 15.3 Å². The largest absolute Gasteiger partial charge is 0.497 e. The van der Waals surface area contributed by atoms with Crippen LogP contribution in [-0.2, 0) is 23.9 Å². The molecule has 0 radical (unpaired) electrons. The first-order chi connectivity index (χ1) is 11.9. The minimum Gasteiger partial charge on any atom is -0.497 e. The average Bonchev–Trinajstić information content (AvgIpc) is 3.12. The fourth-order valence-electron chi connectivity index (χ4n) is 2.07. The third-order valence-corrected chi connectivity index (χ3v) is 4.15. The first-order valence-corrected chi connectivity index (χ1v) is 7.86. The second-order valence-electron chi connectivity index (χ2n) is 5.01. The summed E-state index contributed by atoms with van der Waals surface area (Å²) >= 11 is 0.934. The lowest BCUT2D eigenvalue weighted by Crippen LogP contribution is -2.24. The number of nitrogens with one attached hydrogen (secondary N) is 1. The highest BCUT2D eigenvalue weighted by molar-refractivity contribution is 7.16. The van der Waals surface area contributed by atoms with Crippen molar-refractivity contribution in [1.29, 1.82) is 0 Å². The Morgan fingerprint density at radius 1 is 1.28 bits per heavy atom. The molecule has 2 heterocycles. The first-order valence-electron chi connectivity index (χ1n) is 7.05. The van der Waals surface area contributed by atoms with Gasteiger partial charge in [-0.3, -0.25) is 4.79 Å². The zero-order chi connectivity index (χ0) is 18.0. The molecule has 0 saturated carbocycles. The van der Waals surface area contributed by atoms with E-state index in [2.05, 4.69) is 20.6 Å². The van der Waals surface area contributed by atoms with E-state index in [0.717, 1.165) is 16.9 Å². The number of fused-ring (bicyclic) bond motifs is 1. The molecular weight excluding hydrogens is 359 g/mol. The smallest absolute Gasteiger partial charge is 0.453 e. The normalized spacial score (nSPS) is 11.7. The van der Waals surface area contributed by atoms with Crippen molar-refractivity contribution in [2.75, 3.05) is 7.11 Å². The number of aromatic nitrogens is 4. The van der Waals surface area contributed by atoms with Gasteiger partial charge in [-0.2, -0.15) is 22.8 Å². The lowest BCUT2D eigenvalue weighted by atomic mass is 10.1. The van der Waals surface area contributed by atoms with Gasteiger partial charge in [0.05, 0.1) is 20.1 Å². The van der Waals surface area contributed by atoms with Crippen molar-refractivity contribution in [3.05, 3.63) is 40.7 Å². The summed E-state index contributed by atoms with van der Waals surface area (Å²) in [5.74, 6) is -0.772. The zero-order valence-corrected chi connectivity index (χ0v) is 13.7. The molecule has 1 aromatic carbocycles. The molecule has 0 spiro atoms. The van der Waals surface area contributed by atoms with E-state index in [1.165, 1.54) is 0 Å². The molecule has 132 valence electrons. The van der Waals surface area contributed by atoms with Gasteiger partial charge in [0.1, 0.15) is 10.8 Å². The molecule has 0 aliphatic rings. The third-order valence-electron chi connectivity index (χ3n) is 3.25. The van der Waals surface area contributed by atoms with E-state index in [4.69, 9.17) is 4.74 Å². The van der Waals surface area contributed by atoms with Gasteiger partial charge in [-0.15, -0.1) is 10.2 Å². The summed E-state index contributed by atoms with van der Waals surface area (Å²) in [6, 6.07) is 7.00. The number of benzene rings is 1. The summed E-state index contributed by atoms with van der Waals surface area (Å²) in [5, 5.41) is 13.2. The monoisotopic (exact) mass is 371 g/mol. The highest BCUT2D eigenvalue weighted by atomic mass is 32.1. The summed E-state index contributed by atoms with van der Waals surface area (Å²) in [5.41, 5.74) is 0.788. The molecule has 3 aromatic rings. The van der Waals surface area contributed by atoms with E-state index >= 15 is 0 Å². The van der Waals surface area contributed by atoms with Crippen LogP contribution in [0.5, 0.6) is 5.75 Å². The number of hydrogen-bond acceptors (Lipinski definition) is 6. The Labute approximate surface area is 143 Å². The van der Waals surface area contributed by atoms with Crippen molar-refractivity contribution in [1.82, 2.24) is 25.1 Å². The van der Waals surface area contributed by atoms with E-state index in [1.54, 1.807) is 31.4 Å². The number of alkyl halides is 3. The summed E-state index contributed by atoms with van der Waals surface area (Å²) in [6.07, 6.45) is -4.50. The van der Waals surface area contributed by atoms with Crippen LogP contribution in [0.15, 0.2) is 24.3 Å². The van der Waals surface area contributed by atoms with Gasteiger partial charge in [-0.05, 0) is 17.7 Å². The molecule has 25 heavy (non-hydrogen) atoms. The molecular formula is C14H12F3N5O2S. The summed E-state index contributed by atoms with van der Waals surface area (Å²) in [6.45, 7) is 0.0142. The molecule has 7 nitrogen and oxygen atoms in total. The van der Waals surface area contributed by atoms with E-state index < -0.39 is 12.0 Å². The Hall–Kier alpha value is -2.69. The summed E-state index contributed by atoms with van der Waals surface area (Å²) in [4.78, 5) is 12.0. The SMILES string of the molecule is COc1ccc(CC(=O)NCc2nn3c(C(F)(F)F)nnc3s2)cc1. The maximum absolute atomic E-state index is 12.7. The van der Waals surface area contributed by atoms with Crippen LogP contribution < -0.4 is 10.1 Å². The van der Waals surface area contributed by atoms with Crippen LogP contribution in [0.2, 0.25) is 0 Å². The van der Waals surface area contributed by atoms with Crippen LogP contribution in [0, 0.1) is 0 Å². The van der Waals surface area contributed by atoms with Crippen LogP contribution in [0.4, 0.5) is 13.2 Å². The van der Waals surface area contributed by atoms with Gasteiger partial charge in [-0.1, -0.05) is 23.5 Å². The molecule has 0 bridgehead atoms. The average molecular weight is 371 g/mol. The Morgan fingerprint density at radius 3 is 2.64 bits per heavy atom. The zero-order valence-electron chi connectivity index (χ0n) is 12.9. The Bertz CT molecular complexity index is 888. The Kier molecular flexibility index (Phi) is 4.57. The number of hydrogen-bond donors (Lipinski definition) is 1. The number of ether oxygens (including phenoxy) is 1. The summed E-state index contributed by atoms with van der Waals surface area (Å²) in [7, 11) is 1.55. The Morgan fingerprint density at radius 2 is 2.00 bits per heavy atom. The number of amides is 1. The molecule has 0 unspecified atom stereocenters. The Balaban J connectivity index is 1.62. The van der Waals surface area contributed by atoms with Crippen molar-refractivity contribution in [2.24, 2.45) is 0 Å². The molecule has 0 aliphatic carbocycles. The van der Waals surface area contributed by atoms with Gasteiger partial charge in [0.2, 0.25) is 10.9 Å². The van der Waals surface area contributed by atoms with Crippen LogP contribution >= 0.6 is 11.3 Å². The molecule has 3 rings (SSSR count). The fraction of sp³-hybridized carbons (Fsp3) is 0.286. The van der Waals surface area contributed by atoms with Gasteiger partial charge < -0.3 is 10.1 Å². The van der Waals surface area contributed by atoms with E-state index in [9.17, 15) is 18.0 Å². The minimum absolute atomic E-state index is 0.0142. The van der Waals surface area contributed by atoms with Gasteiger partial charge >= 0.3 is 6.18 Å². The van der Waals surface area contributed by atoms with Crippen LogP contribution in [-0.4, -0.2) is 32.8 Å². The number of nitrogens with zero attached hydrogens (tertiary/aromatic N) is 4. The lowest BCUT2D eigenvalue weighted by molar-refractivity contribution is -0.146. The maximum atomic E-state index is 12.7. The molecule has 0 fully saturated rings. The number of carbonyl (C=O) groups is 1. The number of halogens is 3. The summed E-state index contributed by atoms with van der Waals surface area (Å²) < 4.78 is 43.9. The van der Waals surface area contributed by atoms with Gasteiger partial charge in [0.15, 0.2) is 0 Å². The van der Waals surface area contributed by atoms with Crippen LogP contribution in [0.25, 0.3) is 4.96 Å². The lowest BCUT2D eigenvalue weighted by Gasteiger charge is -2.04. The number of rotatable bonds is 5. The minimum atomic E-state index is -4.64. The van der Waals surface area contributed by atoms with Crippen molar-refractivity contribution >= 4 is 22.2 Å². The van der Waals surface area contributed by atoms with Crippen molar-refractivity contribution in [3.63, 3.8) is 0 Å². The highest BCUT2D eigenvalue weighted by Crippen LogP contribution is 2.28. The third kappa shape index (κ3) is 3.87.